The number of esters is 1. The molecular weight excluding hydrogens is 403 g/mol. The van der Waals surface area contributed by atoms with Crippen molar-refractivity contribution in [3.63, 3.8) is 0 Å². The summed E-state index contributed by atoms with van der Waals surface area (Å²) in [5.41, 5.74) is 0.708. The Bertz CT molecular complexity index is 924. The first kappa shape index (κ1) is 22.9. The molecule has 11 nitrogen and oxygen atoms in total. The van der Waals surface area contributed by atoms with Gasteiger partial charge in [0.05, 0.1) is 30.1 Å². The Labute approximate surface area is 194 Å². The summed E-state index contributed by atoms with van der Waals surface area (Å²) in [5.74, 6) is 0.367. The minimum atomic E-state index is -1.00. The van der Waals surface area contributed by atoms with E-state index in [0.717, 1.165) is 31.1 Å². The van der Waals surface area contributed by atoms with Crippen LogP contribution in [0, 0.1) is 11.8 Å². The van der Waals surface area contributed by atoms with Crippen molar-refractivity contribution in [2.24, 2.45) is 11.8 Å². The van der Waals surface area contributed by atoms with Gasteiger partial charge in [-0.05, 0) is 57.3 Å². The molecule has 0 unspecified atom stereocenters. The molecule has 2 aromatic rings. The SMILES string of the molecule is CCOC(=O)c1cn(C23CC(C2)C3)nn1.O=C(O)c1cn(C23CC(C2)C3)nn1.[Na+].[OH-]. The predicted molar refractivity (Wildman–Crippen MR) is 95.5 cm³/mol. The van der Waals surface area contributed by atoms with Crippen LogP contribution >= 0.6 is 0 Å². The van der Waals surface area contributed by atoms with Gasteiger partial charge < -0.3 is 15.3 Å². The summed E-state index contributed by atoms with van der Waals surface area (Å²) in [7, 11) is 0. The molecule has 0 radical (unpaired) electrons. The zero-order valence-electron chi connectivity index (χ0n) is 17.1. The summed E-state index contributed by atoms with van der Waals surface area (Å²) >= 11 is 0. The number of aromatic nitrogens is 6. The monoisotopic (exact) mass is 426 g/mol. The summed E-state index contributed by atoms with van der Waals surface area (Å²) in [4.78, 5) is 21.9. The first-order valence-corrected chi connectivity index (χ1v) is 9.69. The molecule has 156 valence electrons. The Morgan fingerprint density at radius 1 is 1.00 bits per heavy atom. The molecule has 4 bridgehead atoms. The molecule has 2 N–H and O–H groups in total. The van der Waals surface area contributed by atoms with Crippen molar-refractivity contribution in [2.45, 2.75) is 56.5 Å². The van der Waals surface area contributed by atoms with Gasteiger partial charge in [0.15, 0.2) is 11.4 Å². The Kier molecular flexibility index (Phi) is 6.11. The summed E-state index contributed by atoms with van der Waals surface area (Å²) in [6, 6.07) is 0. The van der Waals surface area contributed by atoms with E-state index in [4.69, 9.17) is 9.84 Å². The van der Waals surface area contributed by atoms with E-state index in [-0.39, 0.29) is 57.8 Å². The fourth-order valence-corrected chi connectivity index (χ4v) is 4.81. The van der Waals surface area contributed by atoms with Crippen LogP contribution in [-0.4, -0.2) is 59.1 Å². The Morgan fingerprint density at radius 3 is 1.77 bits per heavy atom. The average molecular weight is 426 g/mol. The molecule has 0 aliphatic heterocycles. The number of nitrogens with zero attached hydrogens (tertiary/aromatic N) is 6. The van der Waals surface area contributed by atoms with Crippen molar-refractivity contribution in [3.05, 3.63) is 23.8 Å². The molecule has 30 heavy (non-hydrogen) atoms. The minimum absolute atomic E-state index is 0. The number of carboxylic acid groups (broad SMARTS) is 1. The molecule has 2 aromatic heterocycles. The number of carboxylic acids is 1. The molecule has 6 aliphatic carbocycles. The van der Waals surface area contributed by atoms with Crippen molar-refractivity contribution in [1.29, 1.82) is 0 Å². The maximum Gasteiger partial charge on any atom is 1.00 e. The molecule has 0 aromatic carbocycles. The summed E-state index contributed by atoms with van der Waals surface area (Å²) in [5, 5.41) is 24.0. The van der Waals surface area contributed by atoms with Crippen LogP contribution in [0.25, 0.3) is 0 Å². The maximum atomic E-state index is 11.4. The average Bonchev–Trinajstić information content (AvgIpc) is 3.12. The van der Waals surface area contributed by atoms with E-state index in [1.165, 1.54) is 25.5 Å². The number of carbonyl (C=O) groups excluding carboxylic acids is 1. The van der Waals surface area contributed by atoms with Gasteiger partial charge in [0.25, 0.3) is 0 Å². The van der Waals surface area contributed by atoms with Gasteiger partial charge in [-0.1, -0.05) is 10.4 Å². The van der Waals surface area contributed by atoms with Crippen LogP contribution in [0.1, 0.15) is 66.4 Å². The van der Waals surface area contributed by atoms with E-state index in [1.54, 1.807) is 17.8 Å². The molecule has 0 saturated heterocycles. The predicted octanol–water partition coefficient (Wildman–Crippen LogP) is -1.72. The van der Waals surface area contributed by atoms with Crippen LogP contribution in [0.5, 0.6) is 0 Å². The summed E-state index contributed by atoms with van der Waals surface area (Å²) in [6.45, 7) is 2.16. The first-order valence-electron chi connectivity index (χ1n) is 9.69. The molecule has 0 amide bonds. The number of rotatable bonds is 5. The number of hydrogen-bond acceptors (Lipinski definition) is 8. The van der Waals surface area contributed by atoms with Crippen LogP contribution in [0.15, 0.2) is 12.4 Å². The molecule has 0 atom stereocenters. The van der Waals surface area contributed by atoms with Crippen LogP contribution in [0.4, 0.5) is 0 Å². The first-order chi connectivity index (χ1) is 13.4. The largest absolute Gasteiger partial charge is 1.00 e. The number of hydrogen-bond donors (Lipinski definition) is 1. The quantitative estimate of drug-likeness (QED) is 0.434. The summed E-state index contributed by atoms with van der Waals surface area (Å²) < 4.78 is 8.44. The maximum absolute atomic E-state index is 11.4. The normalized spacial score (nSPS) is 31.0. The van der Waals surface area contributed by atoms with E-state index >= 15 is 0 Å². The van der Waals surface area contributed by atoms with E-state index in [2.05, 4.69) is 20.6 Å². The van der Waals surface area contributed by atoms with Gasteiger partial charge in [0.1, 0.15) is 0 Å². The third-order valence-corrected chi connectivity index (χ3v) is 6.67. The van der Waals surface area contributed by atoms with E-state index in [9.17, 15) is 9.59 Å². The van der Waals surface area contributed by atoms with Crippen LogP contribution in [0.2, 0.25) is 0 Å². The number of aromatic carboxylic acids is 1. The van der Waals surface area contributed by atoms with Gasteiger partial charge >= 0.3 is 41.5 Å². The van der Waals surface area contributed by atoms with Gasteiger partial charge in [-0.25, -0.2) is 19.0 Å². The second-order valence-electron chi connectivity index (χ2n) is 8.53. The van der Waals surface area contributed by atoms with Crippen LogP contribution in [-0.2, 0) is 15.8 Å². The van der Waals surface area contributed by atoms with Crippen LogP contribution in [0.3, 0.4) is 0 Å². The molecule has 2 heterocycles. The Balaban J connectivity index is 0.000000161. The van der Waals surface area contributed by atoms with Crippen molar-refractivity contribution < 1.29 is 54.5 Å². The number of ether oxygens (including phenoxy) is 1. The van der Waals surface area contributed by atoms with E-state index in [0.29, 0.717) is 12.3 Å². The zero-order chi connectivity index (χ0) is 19.5. The van der Waals surface area contributed by atoms with Gasteiger partial charge in [-0.2, -0.15) is 0 Å². The fraction of sp³-hybridized carbons (Fsp3) is 0.667. The second kappa shape index (κ2) is 8.03. The van der Waals surface area contributed by atoms with Crippen LogP contribution < -0.4 is 29.6 Å². The van der Waals surface area contributed by atoms with Crippen molar-refractivity contribution in [3.8, 4) is 0 Å². The Hall–Kier alpha value is -1.82. The molecule has 0 spiro atoms. The zero-order valence-corrected chi connectivity index (χ0v) is 19.1. The number of carbonyl (C=O) groups is 2. The van der Waals surface area contributed by atoms with Gasteiger partial charge in [-0.15, -0.1) is 10.2 Å². The minimum Gasteiger partial charge on any atom is -0.870 e. The van der Waals surface area contributed by atoms with E-state index < -0.39 is 5.97 Å². The third kappa shape index (κ3) is 3.47. The molecule has 6 saturated carbocycles. The molecule has 12 heteroatoms. The molecular formula is C18H23N6NaO5. The molecule has 8 rings (SSSR count). The Morgan fingerprint density at radius 2 is 1.43 bits per heavy atom. The van der Waals surface area contributed by atoms with Gasteiger partial charge in [0.2, 0.25) is 0 Å². The third-order valence-electron chi connectivity index (χ3n) is 6.67. The smallest absolute Gasteiger partial charge is 0.870 e. The van der Waals surface area contributed by atoms with Crippen molar-refractivity contribution in [1.82, 2.24) is 30.0 Å². The van der Waals surface area contributed by atoms with Gasteiger partial charge in [-0.3, -0.25) is 0 Å². The fourth-order valence-electron chi connectivity index (χ4n) is 4.81. The van der Waals surface area contributed by atoms with Crippen molar-refractivity contribution in [2.75, 3.05) is 6.61 Å². The van der Waals surface area contributed by atoms with Gasteiger partial charge in [0, 0.05) is 0 Å². The second-order valence-corrected chi connectivity index (χ2v) is 8.53. The summed E-state index contributed by atoms with van der Waals surface area (Å²) in [6.07, 6.45) is 10.3. The van der Waals surface area contributed by atoms with Crippen molar-refractivity contribution >= 4 is 11.9 Å². The molecule has 6 aliphatic rings. The standard InChI is InChI=1S/C10H13N3O2.C8H9N3O2.Na.H2O/c1-2-15-9(14)8-6-13(12-11-8)10-3-7(4-10)5-10;12-7(13)6-4-11(10-9-6)8-1-5(2-8)3-8;;/h6-7H,2-5H2,1H3;4-5H,1-3H2,(H,12,13);;1H2/q;;+1;/p-1. The molecule has 6 fully saturated rings. The topological polar surface area (TPSA) is 155 Å². The van der Waals surface area contributed by atoms with E-state index in [1.807, 2.05) is 4.68 Å².